The third-order valence-corrected chi connectivity index (χ3v) is 3.39. The predicted molar refractivity (Wildman–Crippen MR) is 72.6 cm³/mol. The molecule has 0 radical (unpaired) electrons. The molecule has 6 nitrogen and oxygen atoms in total. The fraction of sp³-hybridized carbons (Fsp3) is 0.333. The van der Waals surface area contributed by atoms with Crippen LogP contribution in [0.15, 0.2) is 12.7 Å². The SMILES string of the molecule is Cc1nn(-c2ncnc3nc[nH]c23)c(Cl)c1C(C)C. The molecule has 3 aromatic rings. The van der Waals surface area contributed by atoms with E-state index in [0.717, 1.165) is 16.8 Å². The topological polar surface area (TPSA) is 72.3 Å². The first-order valence-corrected chi connectivity index (χ1v) is 6.37. The van der Waals surface area contributed by atoms with Crippen LogP contribution in [-0.2, 0) is 0 Å². The molecule has 3 aromatic heterocycles. The van der Waals surface area contributed by atoms with Crippen molar-refractivity contribution in [1.29, 1.82) is 0 Å². The van der Waals surface area contributed by atoms with Gasteiger partial charge in [-0.15, -0.1) is 0 Å². The van der Waals surface area contributed by atoms with Gasteiger partial charge in [0.05, 0.1) is 12.0 Å². The van der Waals surface area contributed by atoms with E-state index >= 15 is 0 Å². The van der Waals surface area contributed by atoms with Gasteiger partial charge in [-0.2, -0.15) is 5.10 Å². The number of hydrogen-bond acceptors (Lipinski definition) is 4. The Balaban J connectivity index is 2.28. The quantitative estimate of drug-likeness (QED) is 0.781. The minimum Gasteiger partial charge on any atom is -0.340 e. The van der Waals surface area contributed by atoms with Gasteiger partial charge in [-0.25, -0.2) is 19.6 Å². The fourth-order valence-corrected chi connectivity index (χ4v) is 2.69. The number of aryl methyl sites for hydroxylation is 1. The summed E-state index contributed by atoms with van der Waals surface area (Å²) >= 11 is 6.43. The van der Waals surface area contributed by atoms with Crippen LogP contribution in [0.2, 0.25) is 5.15 Å². The monoisotopic (exact) mass is 276 g/mol. The fourth-order valence-electron chi connectivity index (χ4n) is 2.22. The summed E-state index contributed by atoms with van der Waals surface area (Å²) in [6, 6.07) is 0. The Morgan fingerprint density at radius 1 is 1.26 bits per heavy atom. The van der Waals surface area contributed by atoms with E-state index in [4.69, 9.17) is 11.6 Å². The summed E-state index contributed by atoms with van der Waals surface area (Å²) in [5.41, 5.74) is 3.27. The van der Waals surface area contributed by atoms with Gasteiger partial charge in [-0.3, -0.25) is 0 Å². The molecule has 0 spiro atoms. The average molecular weight is 277 g/mol. The minimum absolute atomic E-state index is 0.306. The van der Waals surface area contributed by atoms with E-state index in [1.54, 1.807) is 11.0 Å². The molecule has 0 amide bonds. The molecule has 7 heteroatoms. The molecule has 1 N–H and O–H groups in total. The molecule has 19 heavy (non-hydrogen) atoms. The summed E-state index contributed by atoms with van der Waals surface area (Å²) in [5, 5.41) is 5.06. The van der Waals surface area contributed by atoms with Crippen LogP contribution in [0.3, 0.4) is 0 Å². The van der Waals surface area contributed by atoms with E-state index in [0.29, 0.717) is 22.5 Å². The first-order valence-electron chi connectivity index (χ1n) is 5.99. The van der Waals surface area contributed by atoms with Crippen molar-refractivity contribution in [3.8, 4) is 5.82 Å². The molecule has 0 saturated heterocycles. The Morgan fingerprint density at radius 3 is 2.74 bits per heavy atom. The van der Waals surface area contributed by atoms with Gasteiger partial charge < -0.3 is 4.98 Å². The van der Waals surface area contributed by atoms with Crippen LogP contribution < -0.4 is 0 Å². The van der Waals surface area contributed by atoms with Crippen LogP contribution in [0.1, 0.15) is 31.0 Å². The van der Waals surface area contributed by atoms with Gasteiger partial charge in [-0.05, 0) is 12.8 Å². The predicted octanol–water partition coefficient (Wildman–Crippen LogP) is 2.62. The lowest BCUT2D eigenvalue weighted by atomic mass is 10.1. The molecule has 0 saturated carbocycles. The van der Waals surface area contributed by atoms with Crippen molar-refractivity contribution in [3.05, 3.63) is 29.1 Å². The first-order chi connectivity index (χ1) is 9.09. The zero-order valence-electron chi connectivity index (χ0n) is 10.8. The molecule has 98 valence electrons. The van der Waals surface area contributed by atoms with Gasteiger partial charge in [0.15, 0.2) is 11.5 Å². The maximum atomic E-state index is 6.43. The van der Waals surface area contributed by atoms with Crippen molar-refractivity contribution in [2.45, 2.75) is 26.7 Å². The molecule has 0 aliphatic carbocycles. The molecule has 3 heterocycles. The number of aromatic nitrogens is 6. The van der Waals surface area contributed by atoms with Gasteiger partial charge in [0.1, 0.15) is 17.0 Å². The number of imidazole rings is 1. The molecular formula is C12H13ClN6. The highest BCUT2D eigenvalue weighted by Gasteiger charge is 2.19. The van der Waals surface area contributed by atoms with Gasteiger partial charge >= 0.3 is 0 Å². The van der Waals surface area contributed by atoms with Gasteiger partial charge in [-0.1, -0.05) is 25.4 Å². The highest BCUT2D eigenvalue weighted by Crippen LogP contribution is 2.30. The molecule has 0 aliphatic heterocycles. The summed E-state index contributed by atoms with van der Waals surface area (Å²) in [6.07, 6.45) is 3.04. The van der Waals surface area contributed by atoms with Gasteiger partial charge in [0, 0.05) is 5.56 Å². The van der Waals surface area contributed by atoms with E-state index in [-0.39, 0.29) is 0 Å². The summed E-state index contributed by atoms with van der Waals surface area (Å²) in [5.74, 6) is 0.919. The Bertz CT molecular complexity index is 742. The van der Waals surface area contributed by atoms with E-state index in [2.05, 4.69) is 38.9 Å². The molecule has 0 unspecified atom stereocenters. The highest BCUT2D eigenvalue weighted by molar-refractivity contribution is 6.30. The lowest BCUT2D eigenvalue weighted by molar-refractivity contribution is 0.834. The van der Waals surface area contributed by atoms with Crippen LogP contribution in [0.5, 0.6) is 0 Å². The van der Waals surface area contributed by atoms with E-state index < -0.39 is 0 Å². The van der Waals surface area contributed by atoms with E-state index in [1.807, 2.05) is 6.92 Å². The molecule has 0 atom stereocenters. The molecule has 0 aliphatic rings. The minimum atomic E-state index is 0.306. The summed E-state index contributed by atoms with van der Waals surface area (Å²) in [6.45, 7) is 6.13. The van der Waals surface area contributed by atoms with Crippen LogP contribution in [0, 0.1) is 6.92 Å². The molecule has 0 aromatic carbocycles. The lowest BCUT2D eigenvalue weighted by Gasteiger charge is -2.05. The highest BCUT2D eigenvalue weighted by atomic mass is 35.5. The Hall–Kier alpha value is -1.95. The largest absolute Gasteiger partial charge is 0.340 e. The third-order valence-electron chi connectivity index (χ3n) is 3.03. The van der Waals surface area contributed by atoms with Crippen molar-refractivity contribution in [2.24, 2.45) is 0 Å². The number of aromatic amines is 1. The molecule has 0 fully saturated rings. The molecular weight excluding hydrogens is 264 g/mol. The lowest BCUT2D eigenvalue weighted by Crippen LogP contribution is -2.02. The summed E-state index contributed by atoms with van der Waals surface area (Å²) < 4.78 is 1.63. The number of nitrogens with one attached hydrogen (secondary N) is 1. The van der Waals surface area contributed by atoms with Crippen LogP contribution in [0.4, 0.5) is 0 Å². The van der Waals surface area contributed by atoms with Crippen molar-refractivity contribution < 1.29 is 0 Å². The maximum absolute atomic E-state index is 6.43. The standard InChI is InChI=1S/C12H13ClN6/c1-6(2)8-7(3)18-19(10(8)13)12-9-11(15-4-14-9)16-5-17-12/h4-6H,1-3H3,(H,14,15,16,17). The number of hydrogen-bond donors (Lipinski definition) is 1. The average Bonchev–Trinajstić information content (AvgIpc) is 2.93. The Kier molecular flexibility index (Phi) is 2.74. The van der Waals surface area contributed by atoms with Crippen LogP contribution in [-0.4, -0.2) is 29.7 Å². The van der Waals surface area contributed by atoms with E-state index in [1.165, 1.54) is 6.33 Å². The molecule has 0 bridgehead atoms. The number of fused-ring (bicyclic) bond motifs is 1. The zero-order chi connectivity index (χ0) is 13.6. The van der Waals surface area contributed by atoms with E-state index in [9.17, 15) is 0 Å². The first kappa shape index (κ1) is 12.1. The summed E-state index contributed by atoms with van der Waals surface area (Å²) in [4.78, 5) is 15.5. The van der Waals surface area contributed by atoms with Crippen molar-refractivity contribution in [1.82, 2.24) is 29.7 Å². The van der Waals surface area contributed by atoms with Crippen LogP contribution >= 0.6 is 11.6 Å². The number of rotatable bonds is 2. The Morgan fingerprint density at radius 2 is 2.05 bits per heavy atom. The Labute approximate surface area is 114 Å². The normalized spacial score (nSPS) is 11.6. The maximum Gasteiger partial charge on any atom is 0.184 e. The number of halogens is 1. The smallest absolute Gasteiger partial charge is 0.184 e. The molecule has 3 rings (SSSR count). The second-order valence-electron chi connectivity index (χ2n) is 4.65. The van der Waals surface area contributed by atoms with Crippen molar-refractivity contribution in [3.63, 3.8) is 0 Å². The second kappa shape index (κ2) is 4.31. The zero-order valence-corrected chi connectivity index (χ0v) is 11.6. The van der Waals surface area contributed by atoms with Crippen molar-refractivity contribution >= 4 is 22.8 Å². The third kappa shape index (κ3) is 1.79. The number of nitrogens with zero attached hydrogens (tertiary/aromatic N) is 5. The van der Waals surface area contributed by atoms with Crippen molar-refractivity contribution in [2.75, 3.05) is 0 Å². The second-order valence-corrected chi connectivity index (χ2v) is 5.01. The number of H-pyrrole nitrogens is 1. The summed E-state index contributed by atoms with van der Waals surface area (Å²) in [7, 11) is 0. The van der Waals surface area contributed by atoms with Crippen LogP contribution in [0.25, 0.3) is 17.0 Å². The van der Waals surface area contributed by atoms with Gasteiger partial charge in [0.25, 0.3) is 0 Å². The van der Waals surface area contributed by atoms with Gasteiger partial charge in [0.2, 0.25) is 0 Å².